The largest absolute Gasteiger partial charge is 0.366 e. The van der Waals surface area contributed by atoms with Gasteiger partial charge in [-0.05, 0) is 17.7 Å². The summed E-state index contributed by atoms with van der Waals surface area (Å²) in [7, 11) is 0. The molecular weight excluding hydrogens is 157 g/mol. The third kappa shape index (κ3) is 1.69. The van der Waals surface area contributed by atoms with E-state index in [1.165, 1.54) is 24.3 Å². The van der Waals surface area contributed by atoms with E-state index < -0.39 is 5.91 Å². The summed E-state index contributed by atoms with van der Waals surface area (Å²) in [6.07, 6.45) is 0. The van der Waals surface area contributed by atoms with Crippen molar-refractivity contribution >= 4 is 11.5 Å². The van der Waals surface area contributed by atoms with Crippen LogP contribution in [-0.4, -0.2) is 5.91 Å². The monoisotopic (exact) mass is 165 g/mol. The second kappa shape index (κ2) is 3.17. The van der Waals surface area contributed by atoms with Crippen LogP contribution in [-0.2, 0) is 4.79 Å². The van der Waals surface area contributed by atoms with Crippen LogP contribution in [0.5, 0.6) is 0 Å². The first-order chi connectivity index (χ1) is 5.61. The van der Waals surface area contributed by atoms with Gasteiger partial charge in [-0.1, -0.05) is 18.7 Å². The molecule has 0 unspecified atom stereocenters. The highest BCUT2D eigenvalue weighted by Gasteiger charge is 2.03. The normalized spacial score (nSPS) is 9.42. The van der Waals surface area contributed by atoms with E-state index in [0.717, 1.165) is 0 Å². The van der Waals surface area contributed by atoms with Crippen molar-refractivity contribution in [3.8, 4) is 0 Å². The Morgan fingerprint density at radius 3 is 2.25 bits per heavy atom. The molecule has 0 aliphatic carbocycles. The average Bonchev–Trinajstić information content (AvgIpc) is 2.04. The van der Waals surface area contributed by atoms with Crippen molar-refractivity contribution < 1.29 is 9.18 Å². The van der Waals surface area contributed by atoms with Gasteiger partial charge in [-0.25, -0.2) is 4.39 Å². The van der Waals surface area contributed by atoms with Crippen LogP contribution < -0.4 is 5.73 Å². The van der Waals surface area contributed by atoms with Crippen LogP contribution in [0.15, 0.2) is 30.8 Å². The van der Waals surface area contributed by atoms with Crippen molar-refractivity contribution in [3.63, 3.8) is 0 Å². The fraction of sp³-hybridized carbons (Fsp3) is 0. The third-order valence-corrected chi connectivity index (χ3v) is 1.49. The second-order valence-corrected chi connectivity index (χ2v) is 2.35. The number of hydrogen-bond donors (Lipinski definition) is 1. The van der Waals surface area contributed by atoms with E-state index in [1.807, 2.05) is 0 Å². The smallest absolute Gasteiger partial charge is 0.248 e. The zero-order valence-electron chi connectivity index (χ0n) is 6.38. The van der Waals surface area contributed by atoms with Crippen LogP contribution in [0.4, 0.5) is 4.39 Å². The number of nitrogens with two attached hydrogens (primary N) is 1. The number of carbonyl (C=O) groups excluding carboxylic acids is 1. The van der Waals surface area contributed by atoms with Gasteiger partial charge < -0.3 is 5.73 Å². The number of amides is 1. The highest BCUT2D eigenvalue weighted by Crippen LogP contribution is 2.11. The molecule has 0 aliphatic rings. The standard InChI is InChI=1S/C9H8FNO/c1-6(9(11)12)7-2-4-8(10)5-3-7/h2-5H,1H2,(H2,11,12). The number of carbonyl (C=O) groups is 1. The average molecular weight is 165 g/mol. The van der Waals surface area contributed by atoms with E-state index in [2.05, 4.69) is 6.58 Å². The molecule has 0 aliphatic heterocycles. The Kier molecular flexibility index (Phi) is 2.24. The van der Waals surface area contributed by atoms with Gasteiger partial charge >= 0.3 is 0 Å². The van der Waals surface area contributed by atoms with Crippen LogP contribution in [0.25, 0.3) is 5.57 Å². The van der Waals surface area contributed by atoms with Crippen molar-refractivity contribution in [1.29, 1.82) is 0 Å². The molecule has 1 aromatic rings. The molecule has 0 bridgehead atoms. The summed E-state index contributed by atoms with van der Waals surface area (Å²) in [5.41, 5.74) is 5.71. The van der Waals surface area contributed by atoms with Crippen molar-refractivity contribution in [2.24, 2.45) is 5.73 Å². The summed E-state index contributed by atoms with van der Waals surface area (Å²) in [5.74, 6) is -0.947. The molecule has 0 aromatic heterocycles. The van der Waals surface area contributed by atoms with Gasteiger partial charge in [0.2, 0.25) is 5.91 Å². The molecule has 1 rings (SSSR count). The SMILES string of the molecule is C=C(C(N)=O)c1ccc(F)cc1. The molecule has 0 heterocycles. The van der Waals surface area contributed by atoms with Gasteiger partial charge in [-0.3, -0.25) is 4.79 Å². The minimum Gasteiger partial charge on any atom is -0.366 e. The molecule has 62 valence electrons. The fourth-order valence-electron chi connectivity index (χ4n) is 0.793. The molecule has 0 saturated carbocycles. The van der Waals surface area contributed by atoms with Crippen LogP contribution in [0.2, 0.25) is 0 Å². The molecule has 12 heavy (non-hydrogen) atoms. The summed E-state index contributed by atoms with van der Waals surface area (Å²) < 4.78 is 12.4. The quantitative estimate of drug-likeness (QED) is 0.660. The lowest BCUT2D eigenvalue weighted by Gasteiger charge is -1.99. The zero-order chi connectivity index (χ0) is 9.14. The van der Waals surface area contributed by atoms with Gasteiger partial charge in [0.1, 0.15) is 5.82 Å². The maximum Gasteiger partial charge on any atom is 0.248 e. The summed E-state index contributed by atoms with van der Waals surface area (Å²) in [4.78, 5) is 10.6. The Morgan fingerprint density at radius 1 is 1.33 bits per heavy atom. The van der Waals surface area contributed by atoms with Crippen LogP contribution in [0.1, 0.15) is 5.56 Å². The number of benzene rings is 1. The molecular formula is C9H8FNO. The van der Waals surface area contributed by atoms with Crippen LogP contribution in [0, 0.1) is 5.82 Å². The molecule has 0 fully saturated rings. The predicted molar refractivity (Wildman–Crippen MR) is 44.6 cm³/mol. The summed E-state index contributed by atoms with van der Waals surface area (Å²) in [6.45, 7) is 3.46. The number of primary amides is 1. The Balaban J connectivity index is 2.98. The first kappa shape index (κ1) is 8.46. The highest BCUT2D eigenvalue weighted by molar-refractivity contribution is 6.17. The van der Waals surface area contributed by atoms with E-state index >= 15 is 0 Å². The minimum atomic E-state index is -0.596. The molecule has 2 N–H and O–H groups in total. The van der Waals surface area contributed by atoms with Crippen molar-refractivity contribution in [3.05, 3.63) is 42.2 Å². The summed E-state index contributed by atoms with van der Waals surface area (Å²) >= 11 is 0. The van der Waals surface area contributed by atoms with E-state index in [-0.39, 0.29) is 11.4 Å². The lowest BCUT2D eigenvalue weighted by molar-refractivity contribution is -0.112. The maximum atomic E-state index is 12.4. The highest BCUT2D eigenvalue weighted by atomic mass is 19.1. The summed E-state index contributed by atoms with van der Waals surface area (Å²) in [5, 5.41) is 0. The molecule has 2 nitrogen and oxygen atoms in total. The molecule has 0 spiro atoms. The van der Waals surface area contributed by atoms with Gasteiger partial charge in [-0.2, -0.15) is 0 Å². The first-order valence-corrected chi connectivity index (χ1v) is 3.36. The van der Waals surface area contributed by atoms with Gasteiger partial charge in [-0.15, -0.1) is 0 Å². The number of hydrogen-bond acceptors (Lipinski definition) is 1. The van der Waals surface area contributed by atoms with Gasteiger partial charge in [0.25, 0.3) is 0 Å². The van der Waals surface area contributed by atoms with Crippen molar-refractivity contribution in [1.82, 2.24) is 0 Å². The van der Waals surface area contributed by atoms with E-state index in [4.69, 9.17) is 5.73 Å². The van der Waals surface area contributed by atoms with Crippen LogP contribution in [0.3, 0.4) is 0 Å². The van der Waals surface area contributed by atoms with Gasteiger partial charge in [0, 0.05) is 5.57 Å². The van der Waals surface area contributed by atoms with E-state index in [0.29, 0.717) is 5.56 Å². The Labute approximate surface area is 69.5 Å². The molecule has 1 aromatic carbocycles. The van der Waals surface area contributed by atoms with Crippen molar-refractivity contribution in [2.75, 3.05) is 0 Å². The molecule has 0 radical (unpaired) electrons. The summed E-state index contributed by atoms with van der Waals surface area (Å²) in [6, 6.07) is 5.43. The third-order valence-electron chi connectivity index (χ3n) is 1.49. The van der Waals surface area contributed by atoms with Gasteiger partial charge in [0.05, 0.1) is 0 Å². The predicted octanol–water partition coefficient (Wildman–Crippen LogP) is 1.32. The fourth-order valence-corrected chi connectivity index (χ4v) is 0.793. The second-order valence-electron chi connectivity index (χ2n) is 2.35. The molecule has 0 saturated heterocycles. The lowest BCUT2D eigenvalue weighted by Crippen LogP contribution is -2.11. The van der Waals surface area contributed by atoms with E-state index in [9.17, 15) is 9.18 Å². The van der Waals surface area contributed by atoms with E-state index in [1.54, 1.807) is 0 Å². The minimum absolute atomic E-state index is 0.190. The Morgan fingerprint density at radius 2 is 1.83 bits per heavy atom. The molecule has 0 atom stereocenters. The number of rotatable bonds is 2. The topological polar surface area (TPSA) is 43.1 Å². The Hall–Kier alpha value is -1.64. The zero-order valence-corrected chi connectivity index (χ0v) is 6.38. The Bertz CT molecular complexity index is 316. The number of halogens is 1. The van der Waals surface area contributed by atoms with Crippen molar-refractivity contribution in [2.45, 2.75) is 0 Å². The molecule has 3 heteroatoms. The lowest BCUT2D eigenvalue weighted by atomic mass is 10.1. The maximum absolute atomic E-state index is 12.4. The van der Waals surface area contributed by atoms with Gasteiger partial charge in [0.15, 0.2) is 0 Å². The first-order valence-electron chi connectivity index (χ1n) is 3.36. The van der Waals surface area contributed by atoms with Crippen LogP contribution >= 0.6 is 0 Å². The molecule has 1 amide bonds.